The van der Waals surface area contributed by atoms with Crippen molar-refractivity contribution in [1.82, 2.24) is 0 Å². The number of unbranched alkanes of at least 4 members (excludes halogenated alkanes) is 47. The van der Waals surface area contributed by atoms with Gasteiger partial charge in [-0.05, 0) is 64.2 Å². The van der Waals surface area contributed by atoms with E-state index in [1.165, 1.54) is 263 Å². The summed E-state index contributed by atoms with van der Waals surface area (Å²) in [6.07, 6.45) is 93.2. The summed E-state index contributed by atoms with van der Waals surface area (Å²) >= 11 is 0. The molecule has 6 nitrogen and oxygen atoms in total. The summed E-state index contributed by atoms with van der Waals surface area (Å²) in [6, 6.07) is 0. The molecule has 0 bridgehead atoms. The van der Waals surface area contributed by atoms with Crippen LogP contribution in [-0.2, 0) is 28.6 Å². The van der Waals surface area contributed by atoms with Gasteiger partial charge in [0.25, 0.3) is 0 Å². The first-order chi connectivity index (χ1) is 41.0. The summed E-state index contributed by atoms with van der Waals surface area (Å²) in [5.74, 6) is -0.862. The van der Waals surface area contributed by atoms with E-state index in [0.717, 1.165) is 89.9 Å². The van der Waals surface area contributed by atoms with E-state index in [2.05, 4.69) is 81.5 Å². The molecule has 83 heavy (non-hydrogen) atoms. The Morgan fingerprint density at radius 2 is 0.470 bits per heavy atom. The average molecular weight is 1160 g/mol. The van der Waals surface area contributed by atoms with Crippen LogP contribution in [0.25, 0.3) is 0 Å². The third-order valence-electron chi connectivity index (χ3n) is 16.5. The van der Waals surface area contributed by atoms with Gasteiger partial charge in [0.05, 0.1) is 0 Å². The highest BCUT2D eigenvalue weighted by molar-refractivity contribution is 5.71. The van der Waals surface area contributed by atoms with Crippen LogP contribution in [0.5, 0.6) is 0 Å². The lowest BCUT2D eigenvalue weighted by Crippen LogP contribution is -2.30. The molecule has 484 valence electrons. The molecule has 0 radical (unpaired) electrons. The topological polar surface area (TPSA) is 78.9 Å². The molecule has 0 saturated heterocycles. The Labute approximate surface area is 517 Å². The van der Waals surface area contributed by atoms with E-state index >= 15 is 0 Å². The molecule has 1 unspecified atom stereocenters. The first-order valence-corrected chi connectivity index (χ1v) is 36.8. The summed E-state index contributed by atoms with van der Waals surface area (Å²) in [5.41, 5.74) is 0. The highest BCUT2D eigenvalue weighted by Gasteiger charge is 2.19. The minimum atomic E-state index is -0.772. The molecule has 6 heteroatoms. The van der Waals surface area contributed by atoms with Crippen molar-refractivity contribution in [3.63, 3.8) is 0 Å². The van der Waals surface area contributed by atoms with E-state index in [1.807, 2.05) is 0 Å². The lowest BCUT2D eigenvalue weighted by atomic mass is 10.0. The molecule has 0 rings (SSSR count). The molecule has 0 aromatic rings. The minimum absolute atomic E-state index is 0.0706. The lowest BCUT2D eigenvalue weighted by molar-refractivity contribution is -0.167. The quantitative estimate of drug-likeness (QED) is 0.0261. The Balaban J connectivity index is 3.96. The van der Waals surface area contributed by atoms with Crippen molar-refractivity contribution in [2.75, 3.05) is 13.2 Å². The molecule has 0 amide bonds. The number of allylic oxidation sites excluding steroid dienone is 10. The predicted octanol–water partition coefficient (Wildman–Crippen LogP) is 25.5. The standard InChI is InChI=1S/C77H140O6/c1-4-7-10-13-16-18-20-22-24-26-28-30-32-34-36-37-38-39-40-42-43-45-47-49-51-53-55-57-59-61-64-67-70-76(79)82-73-74(72-81-75(78)69-66-63-15-12-9-6-3)83-77(80)71-68-65-62-60-58-56-54-52-50-48-46-44-41-35-33-31-29-27-25-23-21-19-17-14-11-8-5-2/h8,11,17,19,23,25,29,31,35,41,74H,4-7,9-10,12-16,18,20-22,24,26-28,30,32-34,36-40,42-73H2,1-3H3/b11-8-,19-17-,25-23-,31-29-,41-35-. The molecule has 0 aromatic carbocycles. The zero-order valence-electron chi connectivity index (χ0n) is 55.7. The Morgan fingerprint density at radius 1 is 0.253 bits per heavy atom. The van der Waals surface area contributed by atoms with Gasteiger partial charge >= 0.3 is 17.9 Å². The summed E-state index contributed by atoms with van der Waals surface area (Å²) in [7, 11) is 0. The van der Waals surface area contributed by atoms with Crippen LogP contribution in [0.1, 0.15) is 393 Å². The zero-order valence-corrected chi connectivity index (χ0v) is 55.7. The molecule has 0 saturated carbocycles. The molecule has 1 atom stereocenters. The zero-order chi connectivity index (χ0) is 59.9. The molecule has 0 heterocycles. The van der Waals surface area contributed by atoms with Crippen molar-refractivity contribution in [2.24, 2.45) is 0 Å². The summed E-state index contributed by atoms with van der Waals surface area (Å²) < 4.78 is 16.9. The van der Waals surface area contributed by atoms with Crippen LogP contribution < -0.4 is 0 Å². The highest BCUT2D eigenvalue weighted by Crippen LogP contribution is 2.19. The van der Waals surface area contributed by atoms with Crippen LogP contribution in [0.3, 0.4) is 0 Å². The Kier molecular flexibility index (Phi) is 69.1. The fourth-order valence-corrected chi connectivity index (χ4v) is 11.1. The maximum atomic E-state index is 12.9. The Morgan fingerprint density at radius 3 is 0.735 bits per heavy atom. The second-order valence-electron chi connectivity index (χ2n) is 24.8. The van der Waals surface area contributed by atoms with E-state index in [9.17, 15) is 14.4 Å². The Hall–Kier alpha value is -2.89. The molecule has 0 aliphatic carbocycles. The van der Waals surface area contributed by atoms with Crippen LogP contribution >= 0.6 is 0 Å². The molecule has 0 aromatic heterocycles. The lowest BCUT2D eigenvalue weighted by Gasteiger charge is -2.18. The van der Waals surface area contributed by atoms with Gasteiger partial charge in [-0.15, -0.1) is 0 Å². The van der Waals surface area contributed by atoms with E-state index in [-0.39, 0.29) is 31.1 Å². The van der Waals surface area contributed by atoms with Crippen molar-refractivity contribution < 1.29 is 28.6 Å². The number of hydrogen-bond acceptors (Lipinski definition) is 6. The molecule has 0 aliphatic rings. The molecular weight excluding hydrogens is 1020 g/mol. The number of carbonyl (C=O) groups is 3. The van der Waals surface area contributed by atoms with Gasteiger partial charge in [0.15, 0.2) is 6.10 Å². The van der Waals surface area contributed by atoms with Crippen LogP contribution in [0.2, 0.25) is 0 Å². The van der Waals surface area contributed by atoms with E-state index in [1.54, 1.807) is 0 Å². The molecule has 0 spiro atoms. The monoisotopic (exact) mass is 1160 g/mol. The van der Waals surface area contributed by atoms with Gasteiger partial charge in [-0.2, -0.15) is 0 Å². The number of hydrogen-bond donors (Lipinski definition) is 0. The van der Waals surface area contributed by atoms with Crippen LogP contribution in [0, 0.1) is 0 Å². The summed E-state index contributed by atoms with van der Waals surface area (Å²) in [5, 5.41) is 0. The highest BCUT2D eigenvalue weighted by atomic mass is 16.6. The van der Waals surface area contributed by atoms with Crippen LogP contribution in [-0.4, -0.2) is 37.2 Å². The van der Waals surface area contributed by atoms with Crippen molar-refractivity contribution >= 4 is 17.9 Å². The molecule has 0 N–H and O–H groups in total. The van der Waals surface area contributed by atoms with Gasteiger partial charge in [0, 0.05) is 19.3 Å². The van der Waals surface area contributed by atoms with E-state index < -0.39 is 6.10 Å². The second kappa shape index (κ2) is 71.6. The van der Waals surface area contributed by atoms with Gasteiger partial charge in [-0.3, -0.25) is 14.4 Å². The molecule has 0 fully saturated rings. The van der Waals surface area contributed by atoms with Crippen molar-refractivity contribution in [3.05, 3.63) is 60.8 Å². The second-order valence-corrected chi connectivity index (χ2v) is 24.8. The van der Waals surface area contributed by atoms with Gasteiger partial charge in [0.2, 0.25) is 0 Å². The smallest absolute Gasteiger partial charge is 0.306 e. The number of rotatable bonds is 68. The first-order valence-electron chi connectivity index (χ1n) is 36.8. The molecule has 0 aliphatic heterocycles. The number of carbonyl (C=O) groups excluding carboxylic acids is 3. The van der Waals surface area contributed by atoms with E-state index in [0.29, 0.717) is 19.3 Å². The fourth-order valence-electron chi connectivity index (χ4n) is 11.1. The third kappa shape index (κ3) is 69.8. The minimum Gasteiger partial charge on any atom is -0.462 e. The SMILES string of the molecule is CC/C=C\C/C=C\C/C=C\C/C=C\C/C=C\CCCCCCCCCCCCCC(=O)OC(COC(=O)CCCCCCCC)COC(=O)CCCCCCCCCCCCCCCCCCCCCCCCCCCCCCCCCC. The molecular formula is C77H140O6. The van der Waals surface area contributed by atoms with E-state index in [4.69, 9.17) is 14.2 Å². The van der Waals surface area contributed by atoms with Gasteiger partial charge in [-0.25, -0.2) is 0 Å². The summed E-state index contributed by atoms with van der Waals surface area (Å²) in [4.78, 5) is 38.1. The van der Waals surface area contributed by atoms with Crippen molar-refractivity contribution in [2.45, 2.75) is 399 Å². The summed E-state index contributed by atoms with van der Waals surface area (Å²) in [6.45, 7) is 6.53. The normalized spacial score (nSPS) is 12.4. The largest absolute Gasteiger partial charge is 0.462 e. The maximum absolute atomic E-state index is 12.9. The third-order valence-corrected chi connectivity index (χ3v) is 16.5. The van der Waals surface area contributed by atoms with Crippen LogP contribution in [0.15, 0.2) is 60.8 Å². The van der Waals surface area contributed by atoms with Crippen molar-refractivity contribution in [1.29, 1.82) is 0 Å². The van der Waals surface area contributed by atoms with Crippen LogP contribution in [0.4, 0.5) is 0 Å². The first kappa shape index (κ1) is 80.1. The van der Waals surface area contributed by atoms with Gasteiger partial charge in [-0.1, -0.05) is 370 Å². The van der Waals surface area contributed by atoms with Gasteiger partial charge < -0.3 is 14.2 Å². The fraction of sp³-hybridized carbons (Fsp3) is 0.831. The Bertz CT molecular complexity index is 1470. The average Bonchev–Trinajstić information content (AvgIpc) is 3.48. The maximum Gasteiger partial charge on any atom is 0.306 e. The predicted molar refractivity (Wildman–Crippen MR) is 362 cm³/mol. The number of ether oxygens (including phenoxy) is 3. The van der Waals surface area contributed by atoms with Gasteiger partial charge in [0.1, 0.15) is 13.2 Å². The number of esters is 3. The van der Waals surface area contributed by atoms with Crippen molar-refractivity contribution in [3.8, 4) is 0 Å².